The first kappa shape index (κ1) is 28.1. The molecule has 0 unspecified atom stereocenters. The second kappa shape index (κ2) is 16.5. The predicted molar refractivity (Wildman–Crippen MR) is 141 cm³/mol. The molecule has 7 nitrogen and oxygen atoms in total. The zero-order valence-electron chi connectivity index (χ0n) is 20.2. The van der Waals surface area contributed by atoms with Gasteiger partial charge in [-0.3, -0.25) is 9.89 Å². The Balaban J connectivity index is 0.00000363. The maximum absolute atomic E-state index is 5.90. The van der Waals surface area contributed by atoms with Crippen LogP contribution >= 0.6 is 24.0 Å². The number of aliphatic imine (C=N–C) groups is 1. The van der Waals surface area contributed by atoms with Crippen LogP contribution in [-0.2, 0) is 14.2 Å². The van der Waals surface area contributed by atoms with Crippen molar-refractivity contribution in [2.45, 2.75) is 58.3 Å². The largest absolute Gasteiger partial charge is 0.381 e. The predicted octanol–water partition coefficient (Wildman–Crippen LogP) is 3.28. The van der Waals surface area contributed by atoms with E-state index in [9.17, 15) is 0 Å². The molecule has 3 rings (SSSR count). The van der Waals surface area contributed by atoms with Gasteiger partial charge in [0.1, 0.15) is 0 Å². The quantitative estimate of drug-likeness (QED) is 0.173. The summed E-state index contributed by atoms with van der Waals surface area (Å²) in [5, 5.41) is 6.96. The average molecular weight is 567 g/mol. The Hall–Kier alpha value is -0.160. The van der Waals surface area contributed by atoms with Crippen molar-refractivity contribution < 1.29 is 14.2 Å². The molecule has 3 fully saturated rings. The van der Waals surface area contributed by atoms with Gasteiger partial charge in [0.15, 0.2) is 5.96 Å². The van der Waals surface area contributed by atoms with Crippen molar-refractivity contribution >= 4 is 29.9 Å². The van der Waals surface area contributed by atoms with Crippen molar-refractivity contribution in [2.24, 2.45) is 16.3 Å². The molecule has 3 aliphatic rings. The number of nitrogens with zero attached hydrogens (tertiary/aromatic N) is 2. The minimum absolute atomic E-state index is 0. The third-order valence-corrected chi connectivity index (χ3v) is 6.95. The lowest BCUT2D eigenvalue weighted by Crippen LogP contribution is -2.46. The van der Waals surface area contributed by atoms with Crippen LogP contribution in [0.3, 0.4) is 0 Å². The van der Waals surface area contributed by atoms with E-state index in [0.717, 1.165) is 97.6 Å². The number of nitrogens with one attached hydrogen (secondary N) is 2. The topological polar surface area (TPSA) is 67.4 Å². The first-order valence-electron chi connectivity index (χ1n) is 12.8. The first-order valence-corrected chi connectivity index (χ1v) is 12.8. The number of morpholine rings is 1. The molecule has 2 heterocycles. The number of ether oxygens (including phenoxy) is 3. The number of hydrogen-bond acceptors (Lipinski definition) is 5. The lowest BCUT2D eigenvalue weighted by atomic mass is 9.73. The summed E-state index contributed by atoms with van der Waals surface area (Å²) in [7, 11) is 0. The van der Waals surface area contributed by atoms with E-state index in [4.69, 9.17) is 19.2 Å². The number of hydrogen-bond donors (Lipinski definition) is 2. The van der Waals surface area contributed by atoms with Crippen LogP contribution in [-0.4, -0.2) is 89.8 Å². The Labute approximate surface area is 212 Å². The summed E-state index contributed by atoms with van der Waals surface area (Å²) in [4.78, 5) is 7.65. The molecule has 0 atom stereocenters. The normalized spacial score (nSPS) is 22.8. The summed E-state index contributed by atoms with van der Waals surface area (Å²) in [6.45, 7) is 13.4. The van der Waals surface area contributed by atoms with E-state index in [2.05, 4.69) is 22.5 Å². The smallest absolute Gasteiger partial charge is 0.191 e. The van der Waals surface area contributed by atoms with E-state index in [1.165, 1.54) is 38.6 Å². The second-order valence-corrected chi connectivity index (χ2v) is 9.56. The molecule has 2 N–H and O–H groups in total. The Morgan fingerprint density at radius 1 is 1.03 bits per heavy atom. The minimum atomic E-state index is 0. The zero-order valence-corrected chi connectivity index (χ0v) is 22.6. The molecule has 1 saturated carbocycles. The van der Waals surface area contributed by atoms with Crippen LogP contribution in [0, 0.1) is 11.3 Å². The second-order valence-electron chi connectivity index (χ2n) is 9.56. The molecular weight excluding hydrogens is 519 g/mol. The van der Waals surface area contributed by atoms with Gasteiger partial charge in [0.2, 0.25) is 0 Å². The molecule has 0 aromatic heterocycles. The number of guanidine groups is 1. The van der Waals surface area contributed by atoms with Crippen molar-refractivity contribution in [3.8, 4) is 0 Å². The fraction of sp³-hybridized carbons (Fsp3) is 0.958. The molecule has 0 bridgehead atoms. The summed E-state index contributed by atoms with van der Waals surface area (Å²) >= 11 is 0. The molecule has 2 saturated heterocycles. The lowest BCUT2D eigenvalue weighted by molar-refractivity contribution is 0.00937. The molecule has 32 heavy (non-hydrogen) atoms. The van der Waals surface area contributed by atoms with Crippen molar-refractivity contribution in [2.75, 3.05) is 78.9 Å². The van der Waals surface area contributed by atoms with Crippen LogP contribution in [0.1, 0.15) is 58.3 Å². The van der Waals surface area contributed by atoms with Crippen molar-refractivity contribution in [3.63, 3.8) is 0 Å². The maximum atomic E-state index is 5.90. The van der Waals surface area contributed by atoms with Crippen molar-refractivity contribution in [1.82, 2.24) is 15.5 Å². The van der Waals surface area contributed by atoms with E-state index in [-0.39, 0.29) is 24.0 Å². The average Bonchev–Trinajstić information content (AvgIpc) is 2.81. The molecular formula is C24H47IN4O3. The third-order valence-electron chi connectivity index (χ3n) is 6.95. The Morgan fingerprint density at radius 2 is 1.75 bits per heavy atom. The van der Waals surface area contributed by atoms with Gasteiger partial charge in [-0.2, -0.15) is 0 Å². The SMILES string of the molecule is CCNC(=NCC1(CN2CCOCC2)CCCCC1)NCCCOCC1CCOCC1.I. The van der Waals surface area contributed by atoms with Crippen LogP contribution in [0.2, 0.25) is 0 Å². The highest BCUT2D eigenvalue weighted by Crippen LogP contribution is 2.37. The van der Waals surface area contributed by atoms with Gasteiger partial charge in [-0.25, -0.2) is 0 Å². The maximum Gasteiger partial charge on any atom is 0.191 e. The molecule has 0 aromatic rings. The summed E-state index contributed by atoms with van der Waals surface area (Å²) in [6, 6.07) is 0. The monoisotopic (exact) mass is 566 g/mol. The van der Waals surface area contributed by atoms with Crippen molar-refractivity contribution in [3.05, 3.63) is 0 Å². The van der Waals surface area contributed by atoms with Crippen LogP contribution in [0.15, 0.2) is 4.99 Å². The van der Waals surface area contributed by atoms with E-state index in [1.807, 2.05) is 0 Å². The number of halogens is 1. The Bertz CT molecular complexity index is 505. The zero-order chi connectivity index (χ0) is 21.6. The lowest BCUT2D eigenvalue weighted by Gasteiger charge is -2.41. The highest BCUT2D eigenvalue weighted by atomic mass is 127. The van der Waals surface area contributed by atoms with Gasteiger partial charge in [-0.05, 0) is 44.9 Å². The Morgan fingerprint density at radius 3 is 2.47 bits per heavy atom. The molecule has 0 aromatic carbocycles. The minimum Gasteiger partial charge on any atom is -0.381 e. The van der Waals surface area contributed by atoms with Crippen molar-refractivity contribution in [1.29, 1.82) is 0 Å². The first-order chi connectivity index (χ1) is 15.3. The Kier molecular flexibility index (Phi) is 14.4. The number of rotatable bonds is 11. The van der Waals surface area contributed by atoms with Gasteiger partial charge >= 0.3 is 0 Å². The molecule has 188 valence electrons. The summed E-state index contributed by atoms with van der Waals surface area (Å²) in [5.74, 6) is 1.64. The standard InChI is InChI=1S/C24H46N4O3.HI/c1-2-25-23(26-11-6-14-31-19-22-7-15-29-16-8-22)27-20-24(9-4-3-5-10-24)21-28-12-17-30-18-13-28;/h22H,2-21H2,1H3,(H2,25,26,27);1H. The fourth-order valence-electron chi connectivity index (χ4n) is 5.03. The summed E-state index contributed by atoms with van der Waals surface area (Å²) in [6.07, 6.45) is 9.94. The molecule has 2 aliphatic heterocycles. The van der Waals surface area contributed by atoms with E-state index in [0.29, 0.717) is 11.3 Å². The fourth-order valence-corrected chi connectivity index (χ4v) is 5.03. The van der Waals surface area contributed by atoms with Gasteiger partial charge in [0.25, 0.3) is 0 Å². The van der Waals surface area contributed by atoms with Gasteiger partial charge in [-0.1, -0.05) is 19.3 Å². The van der Waals surface area contributed by atoms with Crippen LogP contribution < -0.4 is 10.6 Å². The van der Waals surface area contributed by atoms with E-state index < -0.39 is 0 Å². The highest BCUT2D eigenvalue weighted by Gasteiger charge is 2.34. The summed E-state index contributed by atoms with van der Waals surface area (Å²) in [5.41, 5.74) is 0.324. The van der Waals surface area contributed by atoms with Gasteiger partial charge in [-0.15, -0.1) is 24.0 Å². The van der Waals surface area contributed by atoms with Gasteiger partial charge in [0.05, 0.1) is 13.2 Å². The van der Waals surface area contributed by atoms with E-state index >= 15 is 0 Å². The van der Waals surface area contributed by atoms with Crippen LogP contribution in [0.4, 0.5) is 0 Å². The molecule has 0 amide bonds. The van der Waals surface area contributed by atoms with Crippen LogP contribution in [0.25, 0.3) is 0 Å². The van der Waals surface area contributed by atoms with Crippen LogP contribution in [0.5, 0.6) is 0 Å². The highest BCUT2D eigenvalue weighted by molar-refractivity contribution is 14.0. The van der Waals surface area contributed by atoms with Gasteiger partial charge in [0, 0.05) is 71.1 Å². The summed E-state index contributed by atoms with van der Waals surface area (Å²) < 4.78 is 16.9. The van der Waals surface area contributed by atoms with Gasteiger partial charge < -0.3 is 24.8 Å². The molecule has 1 aliphatic carbocycles. The molecule has 0 radical (unpaired) electrons. The van der Waals surface area contributed by atoms with E-state index in [1.54, 1.807) is 0 Å². The molecule has 8 heteroatoms. The third kappa shape index (κ3) is 10.4. The molecule has 0 spiro atoms.